The molecule has 0 fully saturated rings. The average Bonchev–Trinajstić information content (AvgIpc) is 3.30. The molecule has 7 nitrogen and oxygen atoms in total. The molecular formula is C19H24N6OS. The summed E-state index contributed by atoms with van der Waals surface area (Å²) in [5.41, 5.74) is 0.680. The van der Waals surface area contributed by atoms with E-state index in [1.807, 2.05) is 29.5 Å². The first-order valence-corrected chi connectivity index (χ1v) is 9.72. The van der Waals surface area contributed by atoms with E-state index in [1.165, 1.54) is 9.75 Å². The molecule has 142 valence electrons. The Kier molecular flexibility index (Phi) is 6.54. The second kappa shape index (κ2) is 9.27. The topological polar surface area (TPSA) is 88.2 Å². The molecule has 3 aromatic rings. The lowest BCUT2D eigenvalue weighted by atomic mass is 10.2. The molecular weight excluding hydrogens is 360 g/mol. The molecule has 27 heavy (non-hydrogen) atoms. The minimum absolute atomic E-state index is 0.287. The molecule has 1 atom stereocenters. The predicted molar refractivity (Wildman–Crippen MR) is 108 cm³/mol. The van der Waals surface area contributed by atoms with Gasteiger partial charge in [-0.3, -0.25) is 9.98 Å². The van der Waals surface area contributed by atoms with Gasteiger partial charge in [-0.2, -0.15) is 4.98 Å². The number of nitrogens with zero attached hydrogens (tertiary/aromatic N) is 4. The third kappa shape index (κ3) is 5.62. The van der Waals surface area contributed by atoms with E-state index in [0.29, 0.717) is 30.4 Å². The summed E-state index contributed by atoms with van der Waals surface area (Å²) in [5, 5.41) is 10.7. The Morgan fingerprint density at radius 1 is 1.30 bits per heavy atom. The van der Waals surface area contributed by atoms with Gasteiger partial charge in [0.2, 0.25) is 0 Å². The molecule has 0 aliphatic carbocycles. The Bertz CT molecular complexity index is 873. The summed E-state index contributed by atoms with van der Waals surface area (Å²) in [6.07, 6.45) is 3.31. The quantitative estimate of drug-likeness (QED) is 0.481. The van der Waals surface area contributed by atoms with E-state index in [-0.39, 0.29) is 6.04 Å². The first-order valence-electron chi connectivity index (χ1n) is 8.90. The van der Waals surface area contributed by atoms with Crippen molar-refractivity contribution in [3.63, 3.8) is 0 Å². The molecule has 0 radical (unpaired) electrons. The summed E-state index contributed by atoms with van der Waals surface area (Å²) in [6.45, 7) is 4.94. The molecule has 0 saturated heterocycles. The van der Waals surface area contributed by atoms with E-state index in [2.05, 4.69) is 56.7 Å². The molecule has 0 aromatic carbocycles. The standard InChI is InChI=1S/C19H24N6OS/c1-13(12-15-8-7-14(2)27-15)23-19(20-3)22-11-9-17-24-18(26-25-17)16-6-4-5-10-21-16/h4-8,10,13H,9,11-12H2,1-3H3,(H2,20,22,23). The van der Waals surface area contributed by atoms with Gasteiger partial charge in [0.15, 0.2) is 11.8 Å². The summed E-state index contributed by atoms with van der Waals surface area (Å²) in [6, 6.07) is 10.2. The first-order chi connectivity index (χ1) is 13.1. The van der Waals surface area contributed by atoms with Crippen molar-refractivity contribution in [3.05, 3.63) is 52.1 Å². The number of aryl methyl sites for hydroxylation is 1. The zero-order valence-electron chi connectivity index (χ0n) is 15.8. The minimum Gasteiger partial charge on any atom is -0.356 e. The summed E-state index contributed by atoms with van der Waals surface area (Å²) in [7, 11) is 1.77. The van der Waals surface area contributed by atoms with Gasteiger partial charge in [-0.15, -0.1) is 11.3 Å². The van der Waals surface area contributed by atoms with Gasteiger partial charge in [0.25, 0.3) is 5.89 Å². The van der Waals surface area contributed by atoms with E-state index >= 15 is 0 Å². The van der Waals surface area contributed by atoms with Crippen molar-refractivity contribution in [1.29, 1.82) is 0 Å². The smallest absolute Gasteiger partial charge is 0.276 e. The van der Waals surface area contributed by atoms with Crippen LogP contribution < -0.4 is 10.6 Å². The predicted octanol–water partition coefficient (Wildman–Crippen LogP) is 2.84. The molecule has 3 heterocycles. The number of nitrogens with one attached hydrogen (secondary N) is 2. The van der Waals surface area contributed by atoms with Crippen molar-refractivity contribution in [2.24, 2.45) is 4.99 Å². The molecule has 3 aromatic heterocycles. The number of hydrogen-bond acceptors (Lipinski definition) is 6. The number of guanidine groups is 1. The van der Waals surface area contributed by atoms with E-state index in [9.17, 15) is 0 Å². The fraction of sp³-hybridized carbons (Fsp3) is 0.368. The highest BCUT2D eigenvalue weighted by molar-refractivity contribution is 7.11. The average molecular weight is 385 g/mol. The maximum Gasteiger partial charge on any atom is 0.276 e. The molecule has 0 aliphatic heterocycles. The summed E-state index contributed by atoms with van der Waals surface area (Å²) >= 11 is 1.83. The van der Waals surface area contributed by atoms with Crippen LogP contribution in [0, 0.1) is 6.92 Å². The summed E-state index contributed by atoms with van der Waals surface area (Å²) < 4.78 is 5.27. The Hall–Kier alpha value is -2.74. The molecule has 0 saturated carbocycles. The van der Waals surface area contributed by atoms with Crippen molar-refractivity contribution in [1.82, 2.24) is 25.8 Å². The highest BCUT2D eigenvalue weighted by Crippen LogP contribution is 2.16. The lowest BCUT2D eigenvalue weighted by Gasteiger charge is -2.17. The Morgan fingerprint density at radius 3 is 2.89 bits per heavy atom. The highest BCUT2D eigenvalue weighted by Gasteiger charge is 2.11. The van der Waals surface area contributed by atoms with Crippen LogP contribution in [0.1, 0.15) is 22.5 Å². The number of hydrogen-bond donors (Lipinski definition) is 2. The van der Waals surface area contributed by atoms with Crippen LogP contribution in [0.25, 0.3) is 11.6 Å². The van der Waals surface area contributed by atoms with Gasteiger partial charge in [0.05, 0.1) is 0 Å². The number of pyridine rings is 1. The minimum atomic E-state index is 0.287. The van der Waals surface area contributed by atoms with Crippen LogP contribution in [-0.4, -0.2) is 40.7 Å². The van der Waals surface area contributed by atoms with Gasteiger partial charge in [-0.25, -0.2) is 0 Å². The van der Waals surface area contributed by atoms with Gasteiger partial charge >= 0.3 is 0 Å². The maximum absolute atomic E-state index is 5.27. The van der Waals surface area contributed by atoms with Crippen LogP contribution in [0.15, 0.2) is 46.0 Å². The van der Waals surface area contributed by atoms with E-state index in [1.54, 1.807) is 13.2 Å². The molecule has 8 heteroatoms. The van der Waals surface area contributed by atoms with Gasteiger partial charge in [-0.1, -0.05) is 11.2 Å². The van der Waals surface area contributed by atoms with Gasteiger partial charge < -0.3 is 15.2 Å². The fourth-order valence-electron chi connectivity index (χ4n) is 2.62. The fourth-order valence-corrected chi connectivity index (χ4v) is 3.64. The number of aliphatic imine (C=N–C) groups is 1. The van der Waals surface area contributed by atoms with E-state index in [4.69, 9.17) is 4.52 Å². The van der Waals surface area contributed by atoms with Crippen molar-refractivity contribution < 1.29 is 4.52 Å². The maximum atomic E-state index is 5.27. The molecule has 0 aliphatic rings. The van der Waals surface area contributed by atoms with Crippen molar-refractivity contribution in [2.45, 2.75) is 32.7 Å². The highest BCUT2D eigenvalue weighted by atomic mass is 32.1. The van der Waals surface area contributed by atoms with E-state index < -0.39 is 0 Å². The summed E-state index contributed by atoms with van der Waals surface area (Å²) in [5.74, 6) is 1.85. The number of rotatable bonds is 7. The summed E-state index contributed by atoms with van der Waals surface area (Å²) in [4.78, 5) is 15.6. The van der Waals surface area contributed by atoms with Crippen LogP contribution in [0.5, 0.6) is 0 Å². The largest absolute Gasteiger partial charge is 0.356 e. The SMILES string of the molecule is CN=C(NCCc1noc(-c2ccccn2)n1)NC(C)Cc1ccc(C)s1. The first kappa shape index (κ1) is 19.0. The molecule has 2 N–H and O–H groups in total. The molecule has 0 amide bonds. The van der Waals surface area contributed by atoms with Crippen LogP contribution in [0.3, 0.4) is 0 Å². The van der Waals surface area contributed by atoms with Crippen molar-refractivity contribution in [3.8, 4) is 11.6 Å². The Morgan fingerprint density at radius 2 is 2.19 bits per heavy atom. The van der Waals surface area contributed by atoms with Crippen molar-refractivity contribution >= 4 is 17.3 Å². The number of aromatic nitrogens is 3. The monoisotopic (exact) mass is 384 g/mol. The molecule has 1 unspecified atom stereocenters. The van der Waals surface area contributed by atoms with Crippen LogP contribution >= 0.6 is 11.3 Å². The lowest BCUT2D eigenvalue weighted by Crippen LogP contribution is -2.43. The van der Waals surface area contributed by atoms with Gasteiger partial charge in [0, 0.05) is 48.4 Å². The normalized spacial score (nSPS) is 12.8. The Balaban J connectivity index is 1.45. The molecule has 0 spiro atoms. The second-order valence-electron chi connectivity index (χ2n) is 6.24. The number of thiophene rings is 1. The van der Waals surface area contributed by atoms with Crippen LogP contribution in [-0.2, 0) is 12.8 Å². The second-order valence-corrected chi connectivity index (χ2v) is 7.61. The van der Waals surface area contributed by atoms with Crippen molar-refractivity contribution in [2.75, 3.05) is 13.6 Å². The van der Waals surface area contributed by atoms with Gasteiger partial charge in [0.1, 0.15) is 5.69 Å². The van der Waals surface area contributed by atoms with Crippen LogP contribution in [0.2, 0.25) is 0 Å². The zero-order valence-corrected chi connectivity index (χ0v) is 16.6. The van der Waals surface area contributed by atoms with Gasteiger partial charge in [-0.05, 0) is 38.1 Å². The zero-order chi connectivity index (χ0) is 19.1. The lowest BCUT2D eigenvalue weighted by molar-refractivity contribution is 0.421. The molecule has 0 bridgehead atoms. The Labute approximate surface area is 163 Å². The third-order valence-corrected chi connectivity index (χ3v) is 4.93. The van der Waals surface area contributed by atoms with Crippen LogP contribution in [0.4, 0.5) is 0 Å². The third-order valence-electron chi connectivity index (χ3n) is 3.90. The van der Waals surface area contributed by atoms with E-state index in [0.717, 1.165) is 12.4 Å². The molecule has 3 rings (SSSR count).